The number of nitrogens with zero attached hydrogens (tertiary/aromatic N) is 3. The number of hydrogen-bond acceptors (Lipinski definition) is 4. The predicted octanol–water partition coefficient (Wildman–Crippen LogP) is 4.95. The highest BCUT2D eigenvalue weighted by Crippen LogP contribution is 2.52. The summed E-state index contributed by atoms with van der Waals surface area (Å²) in [6.07, 6.45) is 7.21. The third-order valence-corrected chi connectivity index (χ3v) is 10.9. The van der Waals surface area contributed by atoms with E-state index in [1.165, 1.54) is 5.56 Å². The van der Waals surface area contributed by atoms with E-state index in [1.54, 1.807) is 4.90 Å². The number of aromatic amines is 1. The van der Waals surface area contributed by atoms with E-state index in [2.05, 4.69) is 53.7 Å². The Morgan fingerprint density at radius 2 is 1.80 bits per heavy atom. The number of piperidine rings is 2. The van der Waals surface area contributed by atoms with Gasteiger partial charge < -0.3 is 30.3 Å². The summed E-state index contributed by atoms with van der Waals surface area (Å²) in [7, 11) is 3.65. The van der Waals surface area contributed by atoms with Crippen LogP contribution in [0.3, 0.4) is 0 Å². The lowest BCUT2D eigenvalue weighted by Gasteiger charge is -2.42. The molecule has 2 fully saturated rings. The van der Waals surface area contributed by atoms with E-state index in [-0.39, 0.29) is 41.1 Å². The first-order valence-corrected chi connectivity index (χ1v) is 17.2. The highest BCUT2D eigenvalue weighted by molar-refractivity contribution is 5.91. The third kappa shape index (κ3) is 6.01. The molecule has 0 radical (unpaired) electrons. The van der Waals surface area contributed by atoms with Gasteiger partial charge >= 0.3 is 6.03 Å². The van der Waals surface area contributed by atoms with Gasteiger partial charge in [0.05, 0.1) is 5.92 Å². The van der Waals surface area contributed by atoms with Gasteiger partial charge in [-0.1, -0.05) is 56.3 Å². The summed E-state index contributed by atoms with van der Waals surface area (Å²) in [4.78, 5) is 50.8. The van der Waals surface area contributed by atoms with Gasteiger partial charge in [-0.05, 0) is 67.8 Å². The van der Waals surface area contributed by atoms with E-state index in [4.69, 9.17) is 0 Å². The molecule has 3 aliphatic rings. The monoisotopic (exact) mass is 626 g/mol. The molecule has 2 aromatic carbocycles. The van der Waals surface area contributed by atoms with Gasteiger partial charge in [-0.2, -0.15) is 0 Å². The number of H-pyrrole nitrogens is 1. The largest absolute Gasteiger partial charge is 0.361 e. The molecule has 1 spiro atoms. The maximum Gasteiger partial charge on any atom is 0.318 e. The fraction of sp³-hybridized carbons (Fsp3) is 0.541. The van der Waals surface area contributed by atoms with Crippen molar-refractivity contribution in [1.29, 1.82) is 0 Å². The van der Waals surface area contributed by atoms with Crippen LogP contribution in [0.2, 0.25) is 0 Å². The van der Waals surface area contributed by atoms with Crippen LogP contribution in [0.4, 0.5) is 4.79 Å². The molecule has 9 heteroatoms. The molecule has 46 heavy (non-hydrogen) atoms. The fourth-order valence-electron chi connectivity index (χ4n) is 8.31. The van der Waals surface area contributed by atoms with Crippen molar-refractivity contribution in [3.8, 4) is 0 Å². The van der Waals surface area contributed by atoms with Gasteiger partial charge in [-0.15, -0.1) is 0 Å². The Labute approximate surface area is 273 Å². The number of urea groups is 1. The van der Waals surface area contributed by atoms with Crippen LogP contribution in [0.5, 0.6) is 0 Å². The Bertz CT molecular complexity index is 1550. The molecule has 2 saturated heterocycles. The minimum atomic E-state index is -0.712. The van der Waals surface area contributed by atoms with Gasteiger partial charge in [0.1, 0.15) is 6.04 Å². The number of carbonyl (C=O) groups excluding carboxylic acids is 3. The number of benzene rings is 2. The Hall–Kier alpha value is -3.85. The first kappa shape index (κ1) is 32.1. The number of carbonyl (C=O) groups is 3. The number of hydrogen-bond donors (Lipinski definition) is 3. The van der Waals surface area contributed by atoms with Crippen molar-refractivity contribution in [1.82, 2.24) is 30.3 Å². The maximum atomic E-state index is 14.6. The Kier molecular flexibility index (Phi) is 9.41. The van der Waals surface area contributed by atoms with Crippen molar-refractivity contribution >= 4 is 28.7 Å². The lowest BCUT2D eigenvalue weighted by molar-refractivity contribution is -0.136. The van der Waals surface area contributed by atoms with Crippen molar-refractivity contribution < 1.29 is 14.4 Å². The van der Waals surface area contributed by atoms with Gasteiger partial charge in [-0.25, -0.2) is 4.79 Å². The molecule has 9 nitrogen and oxygen atoms in total. The lowest BCUT2D eigenvalue weighted by Crippen LogP contribution is -2.59. The van der Waals surface area contributed by atoms with Crippen LogP contribution < -0.4 is 10.6 Å². The van der Waals surface area contributed by atoms with Crippen molar-refractivity contribution in [2.75, 3.05) is 46.8 Å². The molecule has 4 atom stereocenters. The molecule has 4 amide bonds. The molecule has 3 aromatic rings. The summed E-state index contributed by atoms with van der Waals surface area (Å²) >= 11 is 0. The molecular formula is C37H50N6O3. The molecule has 2 aliphatic heterocycles. The first-order chi connectivity index (χ1) is 22.2. The van der Waals surface area contributed by atoms with Crippen LogP contribution in [-0.4, -0.2) is 96.4 Å². The molecule has 6 rings (SSSR count). The number of likely N-dealkylation sites (tertiary alicyclic amines) is 1. The number of amides is 4. The molecular weight excluding hydrogens is 576 g/mol. The topological polar surface area (TPSA) is 101 Å². The highest BCUT2D eigenvalue weighted by atomic mass is 16.2. The van der Waals surface area contributed by atoms with Crippen molar-refractivity contribution in [3.63, 3.8) is 0 Å². The lowest BCUT2D eigenvalue weighted by atomic mass is 9.73. The third-order valence-electron chi connectivity index (χ3n) is 10.9. The minimum absolute atomic E-state index is 0.0357. The van der Waals surface area contributed by atoms with E-state index in [1.807, 2.05) is 54.4 Å². The minimum Gasteiger partial charge on any atom is -0.361 e. The van der Waals surface area contributed by atoms with Crippen molar-refractivity contribution in [2.24, 2.45) is 0 Å². The van der Waals surface area contributed by atoms with Crippen molar-refractivity contribution in [3.05, 3.63) is 71.4 Å². The van der Waals surface area contributed by atoms with Gasteiger partial charge in [-0.3, -0.25) is 9.59 Å². The number of para-hydroxylation sites is 1. The molecule has 246 valence electrons. The number of fused-ring (bicyclic) bond motifs is 3. The number of aromatic nitrogens is 1. The number of rotatable bonds is 8. The van der Waals surface area contributed by atoms with Crippen LogP contribution in [0.1, 0.15) is 80.9 Å². The molecule has 1 aliphatic carbocycles. The second-order valence-electron chi connectivity index (χ2n) is 13.9. The molecule has 3 N–H and O–H groups in total. The normalized spacial score (nSPS) is 21.9. The summed E-state index contributed by atoms with van der Waals surface area (Å²) in [5, 5.41) is 7.78. The zero-order chi connectivity index (χ0) is 32.4. The van der Waals surface area contributed by atoms with Gasteiger partial charge in [0.15, 0.2) is 0 Å². The Morgan fingerprint density at radius 3 is 2.52 bits per heavy atom. The Morgan fingerprint density at radius 1 is 1.07 bits per heavy atom. The zero-order valence-corrected chi connectivity index (χ0v) is 27.9. The van der Waals surface area contributed by atoms with E-state index >= 15 is 0 Å². The second-order valence-corrected chi connectivity index (χ2v) is 13.9. The second kappa shape index (κ2) is 13.5. The fourth-order valence-corrected chi connectivity index (χ4v) is 8.31. The van der Waals surface area contributed by atoms with Crippen LogP contribution >= 0.6 is 0 Å². The molecule has 1 aromatic heterocycles. The highest BCUT2D eigenvalue weighted by Gasteiger charge is 2.49. The van der Waals surface area contributed by atoms with Crippen molar-refractivity contribution in [2.45, 2.75) is 81.7 Å². The summed E-state index contributed by atoms with van der Waals surface area (Å²) in [5.41, 5.74) is 4.31. The SMILES string of the molecule is CCCN(C(=O)N[C@@H](C(=O)N1CCC2(CC1)C[C@@H](C(=O)N(C)C)c1ccccc12)[C@H](C)c1c[nH]c2ccccc12)[C@@H]1CCCNC1. The smallest absolute Gasteiger partial charge is 0.318 e. The molecule has 0 saturated carbocycles. The Balaban J connectivity index is 1.25. The predicted molar refractivity (Wildman–Crippen MR) is 182 cm³/mol. The maximum absolute atomic E-state index is 14.6. The van der Waals surface area contributed by atoms with E-state index in [9.17, 15) is 14.4 Å². The number of likely N-dealkylation sites (N-methyl/N-ethyl adjacent to an activating group) is 1. The number of nitrogens with one attached hydrogen (secondary N) is 3. The van der Waals surface area contributed by atoms with E-state index in [0.717, 1.165) is 73.6 Å². The van der Waals surface area contributed by atoms with Crippen LogP contribution in [-0.2, 0) is 15.0 Å². The van der Waals surface area contributed by atoms with Gasteiger partial charge in [0.25, 0.3) is 0 Å². The summed E-state index contributed by atoms with van der Waals surface area (Å²) in [5.74, 6) is -0.290. The zero-order valence-electron chi connectivity index (χ0n) is 27.9. The molecule has 0 unspecified atom stereocenters. The standard InChI is InChI=1S/C37H50N6O3/c1-5-19-43(26-11-10-18-38-23-26)36(46)40-33(25(2)30-24-39-32-15-9-7-13-28(30)32)35(45)42-20-16-37(17-21-42)22-29(34(44)41(3)4)27-12-6-8-14-31(27)37/h6-9,12-15,24-26,29,33,38-39H,5,10-11,16-23H2,1-4H3,(H,40,46)/t25-,26-,29-,33-/m1/s1. The average Bonchev–Trinajstić information content (AvgIpc) is 3.65. The molecule has 0 bridgehead atoms. The first-order valence-electron chi connectivity index (χ1n) is 17.2. The van der Waals surface area contributed by atoms with Crippen LogP contribution in [0.25, 0.3) is 10.9 Å². The van der Waals surface area contributed by atoms with E-state index < -0.39 is 6.04 Å². The summed E-state index contributed by atoms with van der Waals surface area (Å²) in [6.45, 7) is 7.73. The molecule has 3 heterocycles. The van der Waals surface area contributed by atoms with Crippen LogP contribution in [0.15, 0.2) is 54.7 Å². The quantitative estimate of drug-likeness (QED) is 0.330. The van der Waals surface area contributed by atoms with Gasteiger partial charge in [0, 0.05) is 74.7 Å². The van der Waals surface area contributed by atoms with E-state index in [0.29, 0.717) is 19.6 Å². The average molecular weight is 627 g/mol. The van der Waals surface area contributed by atoms with Gasteiger partial charge in [0.2, 0.25) is 11.8 Å². The van der Waals surface area contributed by atoms with Crippen LogP contribution in [0, 0.1) is 0 Å². The summed E-state index contributed by atoms with van der Waals surface area (Å²) in [6, 6.07) is 15.7. The summed E-state index contributed by atoms with van der Waals surface area (Å²) < 4.78 is 0.